The normalized spacial score (nSPS) is 18.2. The summed E-state index contributed by atoms with van der Waals surface area (Å²) >= 11 is 6.33. The molecule has 2 aliphatic carbocycles. The Morgan fingerprint density at radius 1 is 1.08 bits per heavy atom. The van der Waals surface area contributed by atoms with Crippen LogP contribution in [0, 0.1) is 11.8 Å². The average molecular weight is 344 g/mol. The van der Waals surface area contributed by atoms with E-state index in [1.54, 1.807) is 0 Å². The van der Waals surface area contributed by atoms with Crippen molar-refractivity contribution in [2.24, 2.45) is 11.8 Å². The molecule has 2 N–H and O–H groups in total. The van der Waals surface area contributed by atoms with E-state index >= 15 is 0 Å². The molecule has 2 fully saturated rings. The zero-order valence-corrected chi connectivity index (χ0v) is 14.6. The first-order chi connectivity index (χ1) is 11.7. The van der Waals surface area contributed by atoms with Crippen molar-refractivity contribution in [2.45, 2.75) is 38.6 Å². The number of aromatic nitrogens is 3. The van der Waals surface area contributed by atoms with Gasteiger partial charge in [0.05, 0.1) is 5.02 Å². The van der Waals surface area contributed by atoms with Crippen LogP contribution in [0.25, 0.3) is 11.4 Å². The Bertz CT molecular complexity index is 727. The highest BCUT2D eigenvalue weighted by atomic mass is 35.5. The van der Waals surface area contributed by atoms with Crippen LogP contribution in [0.4, 0.5) is 11.9 Å². The molecule has 2 aliphatic rings. The highest BCUT2D eigenvalue weighted by Gasteiger charge is 2.28. The lowest BCUT2D eigenvalue weighted by molar-refractivity contribution is 0.685. The zero-order valence-electron chi connectivity index (χ0n) is 13.8. The maximum atomic E-state index is 6.33. The molecular weight excluding hydrogens is 322 g/mol. The van der Waals surface area contributed by atoms with E-state index in [9.17, 15) is 0 Å². The standard InChI is InChI=1S/C18H22ClN5/c1-11(13-8-9-13)21-18-23-16(14-4-2-3-5-15(14)19)22-17(24-18)20-10-12-6-7-12/h2-5,11-13H,6-10H2,1H3,(H2,20,21,22,23,24). The van der Waals surface area contributed by atoms with Gasteiger partial charge in [0.25, 0.3) is 0 Å². The minimum Gasteiger partial charge on any atom is -0.354 e. The van der Waals surface area contributed by atoms with Crippen molar-refractivity contribution in [3.8, 4) is 11.4 Å². The van der Waals surface area contributed by atoms with Gasteiger partial charge in [-0.3, -0.25) is 0 Å². The molecule has 0 amide bonds. The van der Waals surface area contributed by atoms with Crippen LogP contribution in [0.15, 0.2) is 24.3 Å². The number of hydrogen-bond acceptors (Lipinski definition) is 5. The van der Waals surface area contributed by atoms with Crippen LogP contribution in [0.5, 0.6) is 0 Å². The van der Waals surface area contributed by atoms with Gasteiger partial charge >= 0.3 is 0 Å². The highest BCUT2D eigenvalue weighted by Crippen LogP contribution is 2.34. The van der Waals surface area contributed by atoms with Crippen molar-refractivity contribution >= 4 is 23.5 Å². The second-order valence-electron chi connectivity index (χ2n) is 6.88. The van der Waals surface area contributed by atoms with E-state index in [0.717, 1.165) is 23.9 Å². The number of nitrogens with one attached hydrogen (secondary N) is 2. The zero-order chi connectivity index (χ0) is 16.5. The molecule has 0 spiro atoms. The Balaban J connectivity index is 1.62. The smallest absolute Gasteiger partial charge is 0.228 e. The van der Waals surface area contributed by atoms with Crippen LogP contribution in [0.3, 0.4) is 0 Å². The third kappa shape index (κ3) is 3.78. The molecule has 2 saturated carbocycles. The van der Waals surface area contributed by atoms with Crippen LogP contribution in [-0.2, 0) is 0 Å². The summed E-state index contributed by atoms with van der Waals surface area (Å²) in [6.07, 6.45) is 5.14. The topological polar surface area (TPSA) is 62.7 Å². The molecule has 0 bridgehead atoms. The van der Waals surface area contributed by atoms with Crippen molar-refractivity contribution in [1.29, 1.82) is 0 Å². The molecule has 0 radical (unpaired) electrons. The predicted octanol–water partition coefficient (Wildman–Crippen LogP) is 4.22. The Labute approximate surface area is 147 Å². The fourth-order valence-electron chi connectivity index (χ4n) is 2.76. The van der Waals surface area contributed by atoms with Gasteiger partial charge in [-0.05, 0) is 56.6 Å². The summed E-state index contributed by atoms with van der Waals surface area (Å²) in [6.45, 7) is 3.11. The number of rotatable bonds is 7. The van der Waals surface area contributed by atoms with Crippen molar-refractivity contribution in [3.63, 3.8) is 0 Å². The van der Waals surface area contributed by atoms with E-state index in [-0.39, 0.29) is 0 Å². The van der Waals surface area contributed by atoms with Crippen molar-refractivity contribution in [3.05, 3.63) is 29.3 Å². The summed E-state index contributed by atoms with van der Waals surface area (Å²) in [4.78, 5) is 13.7. The molecule has 1 atom stereocenters. The van der Waals surface area contributed by atoms with E-state index in [1.165, 1.54) is 25.7 Å². The fraction of sp³-hybridized carbons (Fsp3) is 0.500. The second-order valence-corrected chi connectivity index (χ2v) is 7.29. The first-order valence-corrected chi connectivity index (χ1v) is 9.08. The SMILES string of the molecule is CC(Nc1nc(NCC2CC2)nc(-c2ccccc2Cl)n1)C1CC1. The predicted molar refractivity (Wildman–Crippen MR) is 97.3 cm³/mol. The molecule has 4 rings (SSSR count). The number of anilines is 2. The molecule has 1 unspecified atom stereocenters. The molecule has 1 aromatic heterocycles. The summed E-state index contributed by atoms with van der Waals surface area (Å²) in [6, 6.07) is 8.03. The number of halogens is 1. The van der Waals surface area contributed by atoms with Gasteiger partial charge in [0.15, 0.2) is 5.82 Å². The van der Waals surface area contributed by atoms with Crippen LogP contribution in [0.1, 0.15) is 32.6 Å². The Hall–Kier alpha value is -1.88. The molecule has 24 heavy (non-hydrogen) atoms. The van der Waals surface area contributed by atoms with Gasteiger partial charge in [-0.15, -0.1) is 0 Å². The van der Waals surface area contributed by atoms with E-state index in [0.29, 0.717) is 28.8 Å². The largest absolute Gasteiger partial charge is 0.354 e. The molecule has 6 heteroatoms. The monoisotopic (exact) mass is 343 g/mol. The Morgan fingerprint density at radius 3 is 2.54 bits per heavy atom. The molecular formula is C18H22ClN5. The van der Waals surface area contributed by atoms with Gasteiger partial charge in [0.1, 0.15) is 0 Å². The number of nitrogens with zero attached hydrogens (tertiary/aromatic N) is 3. The van der Waals surface area contributed by atoms with E-state index in [1.807, 2.05) is 24.3 Å². The van der Waals surface area contributed by atoms with Gasteiger partial charge < -0.3 is 10.6 Å². The molecule has 2 aromatic rings. The molecule has 0 aliphatic heterocycles. The van der Waals surface area contributed by atoms with Gasteiger partial charge in [0.2, 0.25) is 11.9 Å². The molecule has 1 aromatic carbocycles. The van der Waals surface area contributed by atoms with E-state index in [2.05, 4.69) is 32.5 Å². The quantitative estimate of drug-likeness (QED) is 0.788. The van der Waals surface area contributed by atoms with Gasteiger partial charge in [-0.1, -0.05) is 23.7 Å². The number of benzene rings is 1. The maximum absolute atomic E-state index is 6.33. The van der Waals surface area contributed by atoms with Crippen LogP contribution < -0.4 is 10.6 Å². The van der Waals surface area contributed by atoms with Crippen LogP contribution >= 0.6 is 11.6 Å². The third-order valence-corrected chi connectivity index (χ3v) is 5.01. The van der Waals surface area contributed by atoms with Gasteiger partial charge in [-0.25, -0.2) is 0 Å². The average Bonchev–Trinajstić information content (AvgIpc) is 3.47. The lowest BCUT2D eigenvalue weighted by Crippen LogP contribution is -2.20. The van der Waals surface area contributed by atoms with E-state index in [4.69, 9.17) is 11.6 Å². The molecule has 126 valence electrons. The van der Waals surface area contributed by atoms with Crippen LogP contribution in [-0.4, -0.2) is 27.5 Å². The first kappa shape index (κ1) is 15.6. The molecule has 1 heterocycles. The van der Waals surface area contributed by atoms with Crippen LogP contribution in [0.2, 0.25) is 5.02 Å². The summed E-state index contributed by atoms with van der Waals surface area (Å²) in [7, 11) is 0. The van der Waals surface area contributed by atoms with E-state index < -0.39 is 0 Å². The van der Waals surface area contributed by atoms with Crippen molar-refractivity contribution < 1.29 is 0 Å². The second kappa shape index (κ2) is 6.55. The summed E-state index contributed by atoms with van der Waals surface area (Å²) in [5.41, 5.74) is 0.832. The summed E-state index contributed by atoms with van der Waals surface area (Å²) in [5, 5.41) is 7.43. The minimum absolute atomic E-state index is 0.378. The fourth-order valence-corrected chi connectivity index (χ4v) is 2.98. The number of hydrogen-bond donors (Lipinski definition) is 2. The Morgan fingerprint density at radius 2 is 1.83 bits per heavy atom. The molecule has 0 saturated heterocycles. The van der Waals surface area contributed by atoms with Gasteiger partial charge in [0, 0.05) is 18.2 Å². The first-order valence-electron chi connectivity index (χ1n) is 8.70. The van der Waals surface area contributed by atoms with Crippen molar-refractivity contribution in [1.82, 2.24) is 15.0 Å². The summed E-state index contributed by atoms with van der Waals surface area (Å²) < 4.78 is 0. The lowest BCUT2D eigenvalue weighted by Gasteiger charge is -2.15. The lowest BCUT2D eigenvalue weighted by atomic mass is 10.2. The third-order valence-electron chi connectivity index (χ3n) is 4.68. The highest BCUT2D eigenvalue weighted by molar-refractivity contribution is 6.33. The maximum Gasteiger partial charge on any atom is 0.228 e. The van der Waals surface area contributed by atoms with Crippen molar-refractivity contribution in [2.75, 3.05) is 17.2 Å². The minimum atomic E-state index is 0.378. The van der Waals surface area contributed by atoms with Gasteiger partial charge in [-0.2, -0.15) is 15.0 Å². The molecule has 5 nitrogen and oxygen atoms in total. The Kier molecular flexibility index (Phi) is 4.27. The summed E-state index contributed by atoms with van der Waals surface area (Å²) in [5.74, 6) is 3.34.